The number of para-hydroxylation sites is 1. The molecule has 1 aromatic heterocycles. The minimum Gasteiger partial charge on any atom is -0.236 e. The molecule has 3 aromatic carbocycles. The molecule has 0 saturated carbocycles. The molecule has 0 aliphatic carbocycles. The predicted molar refractivity (Wildman–Crippen MR) is 108 cm³/mol. The first kappa shape index (κ1) is 17.2. The molecular weight excluding hydrogens is 361 g/mol. The van der Waals surface area contributed by atoms with E-state index in [1.54, 1.807) is 23.0 Å². The topological polar surface area (TPSA) is 30.2 Å². The number of aromatic nitrogens is 2. The smallest absolute Gasteiger partial charge is 0.156 e. The Morgan fingerprint density at radius 3 is 2.41 bits per heavy atom. The first-order valence-corrected chi connectivity index (χ1v) is 8.78. The third-order valence-electron chi connectivity index (χ3n) is 4.03. The van der Waals surface area contributed by atoms with Gasteiger partial charge in [0.25, 0.3) is 0 Å². The summed E-state index contributed by atoms with van der Waals surface area (Å²) in [5, 5.41) is 5.37. The summed E-state index contributed by atoms with van der Waals surface area (Å²) in [6.45, 7) is 0. The highest BCUT2D eigenvalue weighted by Crippen LogP contribution is 2.27. The second-order valence-corrected chi connectivity index (χ2v) is 6.39. The van der Waals surface area contributed by atoms with Crippen LogP contribution >= 0.6 is 11.6 Å². The standard InChI is InChI=1S/C22H15ClFN3/c23-18-11-9-17(10-12-18)21-14-22(25-15-16-5-4-6-19(24)13-16)27(26-21)20-7-2-1-3-8-20/h1-15H/b25-15+. The van der Waals surface area contributed by atoms with E-state index in [4.69, 9.17) is 16.7 Å². The second-order valence-electron chi connectivity index (χ2n) is 5.96. The van der Waals surface area contributed by atoms with E-state index < -0.39 is 0 Å². The Bertz CT molecular complexity index is 1090. The number of aliphatic imine (C=N–C) groups is 1. The van der Waals surface area contributed by atoms with Crippen LogP contribution in [0.15, 0.2) is 89.9 Å². The van der Waals surface area contributed by atoms with Gasteiger partial charge in [0.05, 0.1) is 11.4 Å². The van der Waals surface area contributed by atoms with E-state index in [1.807, 2.05) is 60.7 Å². The van der Waals surface area contributed by atoms with Gasteiger partial charge in [-0.1, -0.05) is 54.1 Å². The zero-order valence-corrected chi connectivity index (χ0v) is 15.0. The molecule has 0 aliphatic rings. The lowest BCUT2D eigenvalue weighted by Crippen LogP contribution is -1.96. The molecule has 0 saturated heterocycles. The zero-order valence-electron chi connectivity index (χ0n) is 14.3. The average Bonchev–Trinajstić information content (AvgIpc) is 3.12. The lowest BCUT2D eigenvalue weighted by atomic mass is 10.1. The molecule has 0 atom stereocenters. The van der Waals surface area contributed by atoms with E-state index in [1.165, 1.54) is 12.1 Å². The van der Waals surface area contributed by atoms with E-state index >= 15 is 0 Å². The summed E-state index contributed by atoms with van der Waals surface area (Å²) in [5.41, 5.74) is 3.30. The third-order valence-corrected chi connectivity index (χ3v) is 4.28. The quantitative estimate of drug-likeness (QED) is 0.397. The molecule has 4 aromatic rings. The van der Waals surface area contributed by atoms with Crippen molar-refractivity contribution in [1.29, 1.82) is 0 Å². The molecule has 5 heteroatoms. The van der Waals surface area contributed by atoms with Crippen molar-refractivity contribution in [3.8, 4) is 16.9 Å². The Hall–Kier alpha value is -3.24. The summed E-state index contributed by atoms with van der Waals surface area (Å²) in [6, 6.07) is 25.4. The van der Waals surface area contributed by atoms with Crippen LogP contribution in [0.5, 0.6) is 0 Å². The molecule has 0 aliphatic heterocycles. The van der Waals surface area contributed by atoms with Gasteiger partial charge in [0.2, 0.25) is 0 Å². The van der Waals surface area contributed by atoms with E-state index in [2.05, 4.69) is 4.99 Å². The number of nitrogens with zero attached hydrogens (tertiary/aromatic N) is 3. The lowest BCUT2D eigenvalue weighted by molar-refractivity contribution is 0.627. The van der Waals surface area contributed by atoms with E-state index in [0.29, 0.717) is 16.4 Å². The van der Waals surface area contributed by atoms with Gasteiger partial charge in [-0.25, -0.2) is 14.1 Å². The van der Waals surface area contributed by atoms with Gasteiger partial charge < -0.3 is 0 Å². The largest absolute Gasteiger partial charge is 0.236 e. The van der Waals surface area contributed by atoms with Gasteiger partial charge in [0.1, 0.15) is 5.82 Å². The fourth-order valence-electron chi connectivity index (χ4n) is 2.71. The van der Waals surface area contributed by atoms with Crippen molar-refractivity contribution >= 4 is 23.6 Å². The van der Waals surface area contributed by atoms with E-state index in [-0.39, 0.29) is 5.82 Å². The Kier molecular flexibility index (Phi) is 4.81. The number of rotatable bonds is 4. The summed E-state index contributed by atoms with van der Waals surface area (Å²) in [6.07, 6.45) is 1.63. The number of halogens is 2. The van der Waals surface area contributed by atoms with Gasteiger partial charge in [0, 0.05) is 22.9 Å². The van der Waals surface area contributed by atoms with Crippen molar-refractivity contribution < 1.29 is 4.39 Å². The first-order chi connectivity index (χ1) is 13.2. The van der Waals surface area contributed by atoms with E-state index in [9.17, 15) is 4.39 Å². The molecule has 132 valence electrons. The molecule has 3 nitrogen and oxygen atoms in total. The molecule has 4 rings (SSSR count). The van der Waals surface area contributed by atoms with Crippen molar-refractivity contribution in [3.05, 3.63) is 101 Å². The molecule has 0 fully saturated rings. The molecule has 1 heterocycles. The summed E-state index contributed by atoms with van der Waals surface area (Å²) >= 11 is 5.98. The van der Waals surface area contributed by atoms with Gasteiger partial charge >= 0.3 is 0 Å². The van der Waals surface area contributed by atoms with Crippen LogP contribution in [0.25, 0.3) is 16.9 Å². The summed E-state index contributed by atoms with van der Waals surface area (Å²) in [4.78, 5) is 4.54. The van der Waals surface area contributed by atoms with Crippen LogP contribution in [-0.2, 0) is 0 Å². The number of hydrogen-bond acceptors (Lipinski definition) is 2. The minimum atomic E-state index is -0.294. The van der Waals surface area contributed by atoms with Gasteiger partial charge in [-0.15, -0.1) is 0 Å². The molecule has 27 heavy (non-hydrogen) atoms. The maximum atomic E-state index is 13.4. The minimum absolute atomic E-state index is 0.294. The van der Waals surface area contributed by atoms with Gasteiger partial charge in [-0.2, -0.15) is 5.10 Å². The van der Waals surface area contributed by atoms with Crippen LogP contribution in [0.2, 0.25) is 5.02 Å². The number of benzene rings is 3. The monoisotopic (exact) mass is 375 g/mol. The second kappa shape index (κ2) is 7.56. The van der Waals surface area contributed by atoms with Crippen LogP contribution in [0.4, 0.5) is 10.2 Å². The SMILES string of the molecule is Fc1cccc(/C=N/c2cc(-c3ccc(Cl)cc3)nn2-c2ccccc2)c1. The van der Waals surface area contributed by atoms with Crippen molar-refractivity contribution in [2.45, 2.75) is 0 Å². The van der Waals surface area contributed by atoms with Crippen LogP contribution in [0.3, 0.4) is 0 Å². The molecule has 0 amide bonds. The summed E-state index contributed by atoms with van der Waals surface area (Å²) in [7, 11) is 0. The lowest BCUT2D eigenvalue weighted by Gasteiger charge is -2.03. The van der Waals surface area contributed by atoms with Crippen molar-refractivity contribution in [2.75, 3.05) is 0 Å². The number of hydrogen-bond donors (Lipinski definition) is 0. The first-order valence-electron chi connectivity index (χ1n) is 8.40. The fourth-order valence-corrected chi connectivity index (χ4v) is 2.84. The molecule has 0 bridgehead atoms. The third kappa shape index (κ3) is 3.96. The predicted octanol–water partition coefficient (Wildman–Crippen LogP) is 6.08. The van der Waals surface area contributed by atoms with Crippen molar-refractivity contribution in [2.24, 2.45) is 4.99 Å². The van der Waals surface area contributed by atoms with Crippen LogP contribution in [0, 0.1) is 5.82 Å². The van der Waals surface area contributed by atoms with Crippen LogP contribution < -0.4 is 0 Å². The van der Waals surface area contributed by atoms with Crippen molar-refractivity contribution in [3.63, 3.8) is 0 Å². The van der Waals surface area contributed by atoms with Gasteiger partial charge in [-0.3, -0.25) is 0 Å². The fraction of sp³-hybridized carbons (Fsp3) is 0. The Labute approximate surface area is 161 Å². The van der Waals surface area contributed by atoms with Crippen molar-refractivity contribution in [1.82, 2.24) is 9.78 Å². The maximum Gasteiger partial charge on any atom is 0.156 e. The summed E-state index contributed by atoms with van der Waals surface area (Å²) < 4.78 is 15.2. The molecule has 0 spiro atoms. The molecular formula is C22H15ClFN3. The normalized spacial score (nSPS) is 11.2. The maximum absolute atomic E-state index is 13.4. The molecule has 0 radical (unpaired) electrons. The van der Waals surface area contributed by atoms with Gasteiger partial charge in [0.15, 0.2) is 5.82 Å². The zero-order chi connectivity index (χ0) is 18.6. The highest BCUT2D eigenvalue weighted by molar-refractivity contribution is 6.30. The highest BCUT2D eigenvalue weighted by atomic mass is 35.5. The Morgan fingerprint density at radius 2 is 1.67 bits per heavy atom. The Morgan fingerprint density at radius 1 is 0.889 bits per heavy atom. The van der Waals surface area contributed by atoms with Crippen LogP contribution in [-0.4, -0.2) is 16.0 Å². The molecule has 0 N–H and O–H groups in total. The van der Waals surface area contributed by atoms with Crippen LogP contribution in [0.1, 0.15) is 5.56 Å². The Balaban J connectivity index is 1.77. The molecule has 0 unspecified atom stereocenters. The van der Waals surface area contributed by atoms with E-state index in [0.717, 1.165) is 16.9 Å². The van der Waals surface area contributed by atoms with Gasteiger partial charge in [-0.05, 0) is 42.0 Å². The average molecular weight is 376 g/mol. The summed E-state index contributed by atoms with van der Waals surface area (Å²) in [5.74, 6) is 0.354. The highest BCUT2D eigenvalue weighted by Gasteiger charge is 2.10.